The molecule has 1 amide bonds. The largest absolute Gasteiger partial charge is 0.354 e. The standard InChI is InChI=1S/C20H26N2O3S/c1-4-17-10-12-19(13-11-17)22(26(3,24)25)16(2)20(23)21-15-14-18-8-6-5-7-9-18/h5-13,16H,4,14-15H2,1-3H3,(H,21,23). The molecule has 0 saturated carbocycles. The highest BCUT2D eigenvalue weighted by molar-refractivity contribution is 7.92. The predicted octanol–water partition coefficient (Wildman–Crippen LogP) is 2.76. The topological polar surface area (TPSA) is 66.5 Å². The van der Waals surface area contributed by atoms with E-state index in [1.807, 2.05) is 49.4 Å². The average molecular weight is 375 g/mol. The molecule has 0 aromatic heterocycles. The zero-order valence-corrected chi connectivity index (χ0v) is 16.3. The van der Waals surface area contributed by atoms with Crippen molar-refractivity contribution in [1.29, 1.82) is 0 Å². The van der Waals surface area contributed by atoms with Gasteiger partial charge in [0.15, 0.2) is 0 Å². The summed E-state index contributed by atoms with van der Waals surface area (Å²) in [5.74, 6) is -0.314. The first-order valence-electron chi connectivity index (χ1n) is 8.73. The minimum atomic E-state index is -3.59. The van der Waals surface area contributed by atoms with Crippen LogP contribution < -0.4 is 9.62 Å². The van der Waals surface area contributed by atoms with Gasteiger partial charge in [0.25, 0.3) is 0 Å². The van der Waals surface area contributed by atoms with Gasteiger partial charge in [-0.3, -0.25) is 9.10 Å². The molecule has 0 fully saturated rings. The zero-order chi connectivity index (χ0) is 19.2. The van der Waals surface area contributed by atoms with Crippen molar-refractivity contribution in [2.75, 3.05) is 17.1 Å². The van der Waals surface area contributed by atoms with Crippen LogP contribution in [0.3, 0.4) is 0 Å². The molecular formula is C20H26N2O3S. The zero-order valence-electron chi connectivity index (χ0n) is 15.5. The number of anilines is 1. The lowest BCUT2D eigenvalue weighted by atomic mass is 10.1. The fourth-order valence-electron chi connectivity index (χ4n) is 2.81. The maximum atomic E-state index is 12.5. The Morgan fingerprint density at radius 3 is 2.19 bits per heavy atom. The Hall–Kier alpha value is -2.34. The van der Waals surface area contributed by atoms with E-state index in [-0.39, 0.29) is 5.91 Å². The second kappa shape index (κ2) is 8.85. The summed E-state index contributed by atoms with van der Waals surface area (Å²) in [5.41, 5.74) is 2.73. The van der Waals surface area contributed by atoms with Crippen LogP contribution in [0.4, 0.5) is 5.69 Å². The van der Waals surface area contributed by atoms with Gasteiger partial charge in [0.2, 0.25) is 15.9 Å². The van der Waals surface area contributed by atoms with Crippen molar-refractivity contribution >= 4 is 21.6 Å². The number of benzene rings is 2. The highest BCUT2D eigenvalue weighted by atomic mass is 32.2. The number of aryl methyl sites for hydroxylation is 1. The van der Waals surface area contributed by atoms with Crippen molar-refractivity contribution in [3.63, 3.8) is 0 Å². The van der Waals surface area contributed by atoms with E-state index in [2.05, 4.69) is 5.32 Å². The van der Waals surface area contributed by atoms with E-state index in [4.69, 9.17) is 0 Å². The first-order valence-corrected chi connectivity index (χ1v) is 10.6. The van der Waals surface area contributed by atoms with Crippen molar-refractivity contribution in [2.45, 2.75) is 32.7 Å². The molecule has 140 valence electrons. The summed E-state index contributed by atoms with van der Waals surface area (Å²) < 4.78 is 25.7. The molecule has 0 spiro atoms. The first-order chi connectivity index (χ1) is 12.3. The smallest absolute Gasteiger partial charge is 0.243 e. The Morgan fingerprint density at radius 2 is 1.65 bits per heavy atom. The number of amides is 1. The van der Waals surface area contributed by atoms with Crippen LogP contribution in [-0.2, 0) is 27.7 Å². The summed E-state index contributed by atoms with van der Waals surface area (Å²) in [4.78, 5) is 12.5. The van der Waals surface area contributed by atoms with Crippen molar-refractivity contribution < 1.29 is 13.2 Å². The predicted molar refractivity (Wildman–Crippen MR) is 106 cm³/mol. The van der Waals surface area contributed by atoms with Crippen molar-refractivity contribution in [1.82, 2.24) is 5.32 Å². The minimum Gasteiger partial charge on any atom is -0.354 e. The lowest BCUT2D eigenvalue weighted by Gasteiger charge is -2.28. The second-order valence-corrected chi connectivity index (χ2v) is 8.14. The molecule has 6 heteroatoms. The Morgan fingerprint density at radius 1 is 1.04 bits per heavy atom. The van der Waals surface area contributed by atoms with Gasteiger partial charge in [-0.15, -0.1) is 0 Å². The van der Waals surface area contributed by atoms with Gasteiger partial charge in [0.1, 0.15) is 6.04 Å². The number of rotatable bonds is 8. The highest BCUT2D eigenvalue weighted by Gasteiger charge is 2.28. The first kappa shape index (κ1) is 20.0. The molecule has 0 aliphatic heterocycles. The van der Waals surface area contributed by atoms with Gasteiger partial charge in [0, 0.05) is 6.54 Å². The van der Waals surface area contributed by atoms with Gasteiger partial charge < -0.3 is 5.32 Å². The number of sulfonamides is 1. The Labute approximate surface area is 156 Å². The molecule has 0 aliphatic carbocycles. The molecule has 0 aliphatic rings. The highest BCUT2D eigenvalue weighted by Crippen LogP contribution is 2.21. The van der Waals surface area contributed by atoms with E-state index in [1.165, 1.54) is 4.31 Å². The van der Waals surface area contributed by atoms with E-state index in [0.717, 1.165) is 23.8 Å². The Bertz CT molecular complexity index is 818. The molecule has 0 heterocycles. The van der Waals surface area contributed by atoms with E-state index in [0.29, 0.717) is 18.7 Å². The van der Waals surface area contributed by atoms with E-state index >= 15 is 0 Å². The van der Waals surface area contributed by atoms with Gasteiger partial charge in [-0.25, -0.2) is 8.42 Å². The molecule has 0 radical (unpaired) electrons. The average Bonchev–Trinajstić information content (AvgIpc) is 2.62. The van der Waals surface area contributed by atoms with Crippen LogP contribution in [0.2, 0.25) is 0 Å². The molecule has 1 atom stereocenters. The van der Waals surface area contributed by atoms with Crippen LogP contribution in [0.15, 0.2) is 54.6 Å². The number of carbonyl (C=O) groups is 1. The van der Waals surface area contributed by atoms with E-state index < -0.39 is 16.1 Å². The molecule has 2 aromatic rings. The third kappa shape index (κ3) is 5.33. The Kier molecular flexibility index (Phi) is 6.80. The number of nitrogens with zero attached hydrogens (tertiary/aromatic N) is 1. The molecule has 2 aromatic carbocycles. The minimum absolute atomic E-state index is 0.314. The molecule has 2 rings (SSSR count). The molecule has 1 unspecified atom stereocenters. The van der Waals surface area contributed by atoms with Crippen molar-refractivity contribution in [2.24, 2.45) is 0 Å². The maximum absolute atomic E-state index is 12.5. The summed E-state index contributed by atoms with van der Waals surface area (Å²) in [6, 6.07) is 16.3. The lowest BCUT2D eigenvalue weighted by Crippen LogP contribution is -2.48. The number of carbonyl (C=O) groups excluding carboxylic acids is 1. The summed E-state index contributed by atoms with van der Waals surface area (Å²) in [5, 5.41) is 2.83. The second-order valence-electron chi connectivity index (χ2n) is 6.28. The van der Waals surface area contributed by atoms with E-state index in [1.54, 1.807) is 19.1 Å². The van der Waals surface area contributed by atoms with Gasteiger partial charge in [-0.1, -0.05) is 49.4 Å². The van der Waals surface area contributed by atoms with Crippen LogP contribution in [-0.4, -0.2) is 33.2 Å². The summed E-state index contributed by atoms with van der Waals surface area (Å²) in [7, 11) is -3.59. The van der Waals surface area contributed by atoms with Gasteiger partial charge in [-0.2, -0.15) is 0 Å². The van der Waals surface area contributed by atoms with Crippen molar-refractivity contribution in [3.8, 4) is 0 Å². The van der Waals surface area contributed by atoms with Gasteiger partial charge >= 0.3 is 0 Å². The third-order valence-electron chi connectivity index (χ3n) is 4.24. The third-order valence-corrected chi connectivity index (χ3v) is 5.48. The molecule has 0 saturated heterocycles. The number of hydrogen-bond donors (Lipinski definition) is 1. The normalized spacial score (nSPS) is 12.4. The monoisotopic (exact) mass is 374 g/mol. The van der Waals surface area contributed by atoms with Crippen LogP contribution in [0.1, 0.15) is 25.0 Å². The Balaban J connectivity index is 2.07. The van der Waals surface area contributed by atoms with Crippen LogP contribution in [0.25, 0.3) is 0 Å². The lowest BCUT2D eigenvalue weighted by molar-refractivity contribution is -0.121. The van der Waals surface area contributed by atoms with Crippen LogP contribution in [0, 0.1) is 0 Å². The SMILES string of the molecule is CCc1ccc(N(C(C)C(=O)NCCc2ccccc2)S(C)(=O)=O)cc1. The fraction of sp³-hybridized carbons (Fsp3) is 0.350. The maximum Gasteiger partial charge on any atom is 0.243 e. The quantitative estimate of drug-likeness (QED) is 0.773. The molecule has 5 nitrogen and oxygen atoms in total. The van der Waals surface area contributed by atoms with E-state index in [9.17, 15) is 13.2 Å². The summed E-state index contributed by atoms with van der Waals surface area (Å²) in [6.45, 7) is 4.10. The van der Waals surface area contributed by atoms with Gasteiger partial charge in [0.05, 0.1) is 11.9 Å². The molecule has 1 N–H and O–H groups in total. The molecular weight excluding hydrogens is 348 g/mol. The molecule has 26 heavy (non-hydrogen) atoms. The molecule has 0 bridgehead atoms. The fourth-order valence-corrected chi connectivity index (χ4v) is 3.98. The number of hydrogen-bond acceptors (Lipinski definition) is 3. The van der Waals surface area contributed by atoms with Gasteiger partial charge in [-0.05, 0) is 43.0 Å². The summed E-state index contributed by atoms with van der Waals surface area (Å²) >= 11 is 0. The number of nitrogens with one attached hydrogen (secondary N) is 1. The van der Waals surface area contributed by atoms with Crippen molar-refractivity contribution in [3.05, 3.63) is 65.7 Å². The van der Waals surface area contributed by atoms with Crippen LogP contribution in [0.5, 0.6) is 0 Å². The summed E-state index contributed by atoms with van der Waals surface area (Å²) in [6.07, 6.45) is 2.69. The van der Waals surface area contributed by atoms with Crippen LogP contribution >= 0.6 is 0 Å².